The zero-order valence-electron chi connectivity index (χ0n) is 30.2. The van der Waals surface area contributed by atoms with Crippen molar-refractivity contribution < 1.29 is 70.1 Å². The highest BCUT2D eigenvalue weighted by molar-refractivity contribution is 7.68. The second-order valence-electron chi connectivity index (χ2n) is 12.3. The van der Waals surface area contributed by atoms with E-state index >= 15 is 0 Å². The van der Waals surface area contributed by atoms with Crippen molar-refractivity contribution in [1.29, 1.82) is 0 Å². The molecule has 2 fully saturated rings. The number of rotatable bonds is 21. The average molecular weight is 864 g/mol. The van der Waals surface area contributed by atoms with Crippen molar-refractivity contribution in [2.45, 2.75) is 56.7 Å². The summed E-state index contributed by atoms with van der Waals surface area (Å²) >= 11 is 0. The lowest BCUT2D eigenvalue weighted by molar-refractivity contribution is -0.126. The molecular formula is C30H40N7O17P3. The summed E-state index contributed by atoms with van der Waals surface area (Å²) in [5.74, 6) is 4.71. The molecule has 0 spiro atoms. The Morgan fingerprint density at radius 3 is 2.60 bits per heavy atom. The molecule has 2 amide bonds. The van der Waals surface area contributed by atoms with Crippen LogP contribution in [0, 0.1) is 11.8 Å². The third kappa shape index (κ3) is 16.0. The lowest BCUT2D eigenvalue weighted by atomic mass is 9.93. The maximum absolute atomic E-state index is 12.5. The molecule has 0 bridgehead atoms. The summed E-state index contributed by atoms with van der Waals surface area (Å²) in [5, 5.41) is 8.94. The van der Waals surface area contributed by atoms with Crippen LogP contribution < -0.4 is 26.6 Å². The molecule has 6 N–H and O–H groups in total. The predicted molar refractivity (Wildman–Crippen MR) is 195 cm³/mol. The van der Waals surface area contributed by atoms with Crippen molar-refractivity contribution in [3.05, 3.63) is 72.9 Å². The molecule has 57 heavy (non-hydrogen) atoms. The van der Waals surface area contributed by atoms with Crippen LogP contribution in [-0.4, -0.2) is 101 Å². The van der Waals surface area contributed by atoms with Crippen molar-refractivity contribution in [3.63, 3.8) is 0 Å². The summed E-state index contributed by atoms with van der Waals surface area (Å²) in [5.41, 5.74) is 7.47. The third-order valence-electron chi connectivity index (χ3n) is 7.73. The Labute approximate surface area is 323 Å². The highest BCUT2D eigenvalue weighted by atomic mass is 31.3. The zero-order chi connectivity index (χ0) is 41.6. The van der Waals surface area contributed by atoms with Crippen molar-refractivity contribution in [2.24, 2.45) is 5.11 Å². The number of hydrogen-bond acceptors (Lipinski definition) is 15. The van der Waals surface area contributed by atoms with Crippen molar-refractivity contribution in [2.75, 3.05) is 46.2 Å². The highest BCUT2D eigenvalue weighted by Gasteiger charge is 2.40. The Morgan fingerprint density at radius 2 is 1.89 bits per heavy atom. The third-order valence-corrected chi connectivity index (χ3v) is 11.9. The molecule has 24 nitrogen and oxygen atoms in total. The first kappa shape index (κ1) is 45.5. The van der Waals surface area contributed by atoms with E-state index in [1.165, 1.54) is 0 Å². The minimum atomic E-state index is -5.46. The number of carbonyl (C=O) groups is 2. The van der Waals surface area contributed by atoms with Gasteiger partial charge in [0.1, 0.15) is 30.8 Å². The molecule has 4 rings (SSSR count). The molecule has 6 atom stereocenters. The maximum atomic E-state index is 12.5. The van der Waals surface area contributed by atoms with Gasteiger partial charge in [-0.1, -0.05) is 23.0 Å². The van der Waals surface area contributed by atoms with Crippen LogP contribution in [0.25, 0.3) is 10.4 Å². The van der Waals surface area contributed by atoms with E-state index in [1.807, 2.05) is 0 Å². The van der Waals surface area contributed by atoms with E-state index in [0.717, 1.165) is 30.0 Å². The van der Waals surface area contributed by atoms with Crippen LogP contribution in [0.2, 0.25) is 0 Å². The standard InChI is InChI=1S/C30H40N7O17P3/c1-55(42,43)53-57(46,47)54-56(44,45)51-17-24-10-11-27(52-24)37-16-21(29(40)34-30(37)41)6-4-12-32-25(38)18-48-13-14-49-26(35-36-31)19-50-23-9-2-5-20(15-23)28(39)33-22-7-3-8-22/h2,5,9,15-16,22,24,26-27H,3,7-8,10-14,17-19H2,1H3,(H,32,38)(H,33,39)(H,42,43)(H,44,45)(H,46,47)(H,34,40,41)/t24-,26?,27+/m0/s1. The Morgan fingerprint density at radius 1 is 1.12 bits per heavy atom. The Kier molecular flexibility index (Phi) is 16.8. The van der Waals surface area contributed by atoms with Crippen LogP contribution >= 0.6 is 23.2 Å². The van der Waals surface area contributed by atoms with Crippen LogP contribution in [0.3, 0.4) is 0 Å². The monoisotopic (exact) mass is 863 g/mol. The van der Waals surface area contributed by atoms with Crippen LogP contribution in [0.1, 0.15) is 54.3 Å². The van der Waals surface area contributed by atoms with Crippen LogP contribution in [0.5, 0.6) is 5.75 Å². The highest BCUT2D eigenvalue weighted by Crippen LogP contribution is 2.66. The number of nitrogens with zero attached hydrogens (tertiary/aromatic N) is 4. The molecule has 4 unspecified atom stereocenters. The van der Waals surface area contributed by atoms with Gasteiger partial charge < -0.3 is 44.3 Å². The van der Waals surface area contributed by atoms with Gasteiger partial charge in [0.05, 0.1) is 32.5 Å². The average Bonchev–Trinajstić information content (AvgIpc) is 3.57. The Balaban J connectivity index is 1.16. The topological polar surface area (TPSA) is 338 Å². The predicted octanol–water partition coefficient (Wildman–Crippen LogP) is 1.78. The number of carbonyl (C=O) groups excluding carboxylic acids is 2. The number of azide groups is 1. The fourth-order valence-electron chi connectivity index (χ4n) is 4.97. The van der Waals surface area contributed by atoms with Gasteiger partial charge in [0.25, 0.3) is 11.5 Å². The van der Waals surface area contributed by atoms with E-state index in [4.69, 9.17) is 29.4 Å². The fraction of sp³-hybridized carbons (Fsp3) is 0.533. The minimum absolute atomic E-state index is 0.0545. The largest absolute Gasteiger partial charge is 0.491 e. The normalized spacial score (nSPS) is 20.2. The summed E-state index contributed by atoms with van der Waals surface area (Å²) < 4.78 is 70.5. The molecule has 2 heterocycles. The zero-order valence-corrected chi connectivity index (χ0v) is 32.8. The maximum Gasteiger partial charge on any atom is 0.488 e. The molecule has 27 heteroatoms. The molecule has 1 aromatic heterocycles. The summed E-state index contributed by atoms with van der Waals surface area (Å²) in [6.07, 6.45) is 1.47. The first-order valence-corrected chi connectivity index (χ1v) is 22.0. The van der Waals surface area contributed by atoms with Gasteiger partial charge in [-0.3, -0.25) is 33.0 Å². The fourth-order valence-corrected chi connectivity index (χ4v) is 8.47. The molecule has 1 aromatic carbocycles. The van der Waals surface area contributed by atoms with Gasteiger partial charge in [-0.05, 0) is 55.8 Å². The van der Waals surface area contributed by atoms with Crippen molar-refractivity contribution >= 4 is 35.1 Å². The Hall–Kier alpha value is -4.16. The van der Waals surface area contributed by atoms with Gasteiger partial charge in [0.15, 0.2) is 6.23 Å². The quantitative estimate of drug-likeness (QED) is 0.0260. The van der Waals surface area contributed by atoms with Gasteiger partial charge in [0, 0.05) is 29.4 Å². The SMILES string of the molecule is CP(=O)(O)OP(=O)(O)OP(=O)(O)OC[C@@H]1CC[C@H](n2cc(C#CCNC(=O)COCCOC(COc3cccc(C(=O)NC4CCC4)c3)N=[N+]=[N-])c(=O)[nH]c2=O)O1. The number of nitrogens with one attached hydrogen (secondary N) is 3. The van der Waals surface area contributed by atoms with Gasteiger partial charge in [0.2, 0.25) is 5.91 Å². The van der Waals surface area contributed by atoms with Crippen LogP contribution in [0.15, 0.2) is 45.2 Å². The molecule has 2 aliphatic rings. The number of aromatic nitrogens is 2. The van der Waals surface area contributed by atoms with E-state index in [0.29, 0.717) is 18.0 Å². The number of phosphoric ester groups is 1. The van der Waals surface area contributed by atoms with Gasteiger partial charge >= 0.3 is 28.9 Å². The summed E-state index contributed by atoms with van der Waals surface area (Å²) in [7, 11) is -15.3. The number of hydrogen-bond donors (Lipinski definition) is 6. The molecule has 2 aromatic rings. The number of ether oxygens (including phenoxy) is 4. The number of H-pyrrole nitrogens is 1. The van der Waals surface area contributed by atoms with E-state index < -0.39 is 65.6 Å². The van der Waals surface area contributed by atoms with Gasteiger partial charge in [-0.15, -0.1) is 0 Å². The first-order valence-electron chi connectivity index (χ1n) is 17.0. The second kappa shape index (κ2) is 21.0. The summed E-state index contributed by atoms with van der Waals surface area (Å²) in [6, 6.07) is 6.71. The number of amides is 2. The van der Waals surface area contributed by atoms with Crippen LogP contribution in [-0.2, 0) is 45.8 Å². The lowest BCUT2D eigenvalue weighted by Crippen LogP contribution is -2.39. The second-order valence-corrected chi connectivity index (χ2v) is 17.3. The number of phosphoric acid groups is 2. The van der Waals surface area contributed by atoms with Gasteiger partial charge in [-0.2, -0.15) is 4.31 Å². The van der Waals surface area contributed by atoms with E-state index in [9.17, 15) is 42.7 Å². The minimum Gasteiger partial charge on any atom is -0.491 e. The van der Waals surface area contributed by atoms with Crippen molar-refractivity contribution in [1.82, 2.24) is 20.2 Å². The van der Waals surface area contributed by atoms with E-state index in [2.05, 4.69) is 50.6 Å². The molecule has 0 radical (unpaired) electrons. The first-order chi connectivity index (χ1) is 26.9. The number of benzene rings is 1. The smallest absolute Gasteiger partial charge is 0.488 e. The summed E-state index contributed by atoms with van der Waals surface area (Å²) in [6.45, 7) is -0.977. The Bertz CT molecular complexity index is 2120. The van der Waals surface area contributed by atoms with Crippen LogP contribution in [0.4, 0.5) is 0 Å². The van der Waals surface area contributed by atoms with E-state index in [-0.39, 0.29) is 63.3 Å². The van der Waals surface area contributed by atoms with Gasteiger partial charge in [-0.25, -0.2) is 18.2 Å². The molecule has 1 aliphatic carbocycles. The molecule has 1 saturated heterocycles. The van der Waals surface area contributed by atoms with E-state index in [1.54, 1.807) is 24.3 Å². The molecular weight excluding hydrogens is 823 g/mol. The lowest BCUT2D eigenvalue weighted by Gasteiger charge is -2.26. The van der Waals surface area contributed by atoms with Crippen molar-refractivity contribution in [3.8, 4) is 17.6 Å². The molecule has 1 aliphatic heterocycles. The summed E-state index contributed by atoms with van der Waals surface area (Å²) in [4.78, 5) is 82.4. The number of aromatic amines is 1. The molecule has 312 valence electrons. The molecule has 1 saturated carbocycles.